The number of carbonyl (C=O) groups excluding carboxylic acids is 1. The van der Waals surface area contributed by atoms with Crippen LogP contribution in [0.3, 0.4) is 0 Å². The van der Waals surface area contributed by atoms with Gasteiger partial charge >= 0.3 is 5.97 Å². The summed E-state index contributed by atoms with van der Waals surface area (Å²) in [6.45, 7) is 2.23. The molecule has 0 aliphatic carbocycles. The lowest BCUT2D eigenvalue weighted by Crippen LogP contribution is -2.15. The molecule has 0 radical (unpaired) electrons. The van der Waals surface area contributed by atoms with E-state index in [1.165, 1.54) is 6.07 Å². The Labute approximate surface area is 111 Å². The van der Waals surface area contributed by atoms with Crippen LogP contribution in [0, 0.1) is 11.3 Å². The highest BCUT2D eigenvalue weighted by Crippen LogP contribution is 2.25. The largest absolute Gasteiger partial charge is 0.480 e. The SMILES string of the molecule is CCCCOC(=O)COc1ccc(C#N)cc1Cl. The van der Waals surface area contributed by atoms with E-state index in [2.05, 4.69) is 0 Å². The molecule has 0 heterocycles. The van der Waals surface area contributed by atoms with Gasteiger partial charge < -0.3 is 9.47 Å². The molecule has 1 aromatic carbocycles. The normalized spacial score (nSPS) is 9.61. The predicted molar refractivity (Wildman–Crippen MR) is 67.5 cm³/mol. The molecular weight excluding hydrogens is 254 g/mol. The van der Waals surface area contributed by atoms with E-state index >= 15 is 0 Å². The fourth-order valence-corrected chi connectivity index (χ4v) is 1.43. The van der Waals surface area contributed by atoms with Crippen LogP contribution in [0.15, 0.2) is 18.2 Å². The monoisotopic (exact) mass is 267 g/mol. The van der Waals surface area contributed by atoms with E-state index in [1.807, 2.05) is 13.0 Å². The lowest BCUT2D eigenvalue weighted by molar-refractivity contribution is -0.146. The summed E-state index contributed by atoms with van der Waals surface area (Å²) in [6, 6.07) is 6.58. The van der Waals surface area contributed by atoms with Gasteiger partial charge in [0, 0.05) is 0 Å². The zero-order valence-electron chi connectivity index (χ0n) is 10.1. The smallest absolute Gasteiger partial charge is 0.344 e. The summed E-state index contributed by atoms with van der Waals surface area (Å²) in [5, 5.41) is 8.97. The Kier molecular flexibility index (Phi) is 6.03. The average Bonchev–Trinajstić information content (AvgIpc) is 2.37. The minimum atomic E-state index is -0.427. The zero-order chi connectivity index (χ0) is 13.4. The average molecular weight is 268 g/mol. The van der Waals surface area contributed by atoms with E-state index in [1.54, 1.807) is 12.1 Å². The number of hydrogen-bond acceptors (Lipinski definition) is 4. The fraction of sp³-hybridized carbons (Fsp3) is 0.385. The van der Waals surface area contributed by atoms with Gasteiger partial charge in [-0.1, -0.05) is 24.9 Å². The van der Waals surface area contributed by atoms with Gasteiger partial charge in [-0.05, 0) is 24.6 Å². The lowest BCUT2D eigenvalue weighted by atomic mass is 10.2. The van der Waals surface area contributed by atoms with Crippen molar-refractivity contribution in [1.29, 1.82) is 5.26 Å². The number of hydrogen-bond donors (Lipinski definition) is 0. The van der Waals surface area contributed by atoms with Crippen molar-refractivity contribution in [1.82, 2.24) is 0 Å². The number of unbranched alkanes of at least 4 members (excludes halogenated alkanes) is 1. The number of esters is 1. The van der Waals surface area contributed by atoms with E-state index in [0.717, 1.165) is 12.8 Å². The number of rotatable bonds is 6. The van der Waals surface area contributed by atoms with Gasteiger partial charge in [-0.25, -0.2) is 4.79 Å². The second kappa shape index (κ2) is 7.57. The highest BCUT2D eigenvalue weighted by molar-refractivity contribution is 6.32. The summed E-state index contributed by atoms with van der Waals surface area (Å²) >= 11 is 5.89. The summed E-state index contributed by atoms with van der Waals surface area (Å²) in [6.07, 6.45) is 1.80. The number of nitrogens with zero attached hydrogens (tertiary/aromatic N) is 1. The van der Waals surface area contributed by atoms with E-state index in [9.17, 15) is 4.79 Å². The van der Waals surface area contributed by atoms with Crippen molar-refractivity contribution in [2.24, 2.45) is 0 Å². The Bertz CT molecular complexity index is 454. The first kappa shape index (κ1) is 14.3. The van der Waals surface area contributed by atoms with Crippen molar-refractivity contribution in [3.8, 4) is 11.8 Å². The van der Waals surface area contributed by atoms with Crippen LogP contribution in [0.2, 0.25) is 5.02 Å². The Balaban J connectivity index is 2.44. The van der Waals surface area contributed by atoms with E-state index in [4.69, 9.17) is 26.3 Å². The molecule has 0 spiro atoms. The summed E-state index contributed by atoms with van der Waals surface area (Å²) in [4.78, 5) is 11.3. The van der Waals surface area contributed by atoms with Crippen LogP contribution < -0.4 is 4.74 Å². The Morgan fingerprint density at radius 1 is 1.50 bits per heavy atom. The van der Waals surface area contributed by atoms with E-state index in [-0.39, 0.29) is 6.61 Å². The first-order valence-corrected chi connectivity index (χ1v) is 6.03. The van der Waals surface area contributed by atoms with Crippen LogP contribution in [-0.4, -0.2) is 19.2 Å². The van der Waals surface area contributed by atoms with Gasteiger partial charge in [-0.2, -0.15) is 5.26 Å². The van der Waals surface area contributed by atoms with Crippen molar-refractivity contribution >= 4 is 17.6 Å². The summed E-state index contributed by atoms with van der Waals surface area (Å²) in [5.41, 5.74) is 0.442. The summed E-state index contributed by atoms with van der Waals surface area (Å²) in [5.74, 6) is -0.0630. The van der Waals surface area contributed by atoms with Crippen molar-refractivity contribution in [2.75, 3.05) is 13.2 Å². The van der Waals surface area contributed by atoms with Crippen LogP contribution in [0.25, 0.3) is 0 Å². The van der Waals surface area contributed by atoms with Crippen LogP contribution in [-0.2, 0) is 9.53 Å². The maximum absolute atomic E-state index is 11.3. The maximum atomic E-state index is 11.3. The second-order valence-corrected chi connectivity index (χ2v) is 4.03. The van der Waals surface area contributed by atoms with Crippen LogP contribution in [0.5, 0.6) is 5.75 Å². The number of ether oxygens (including phenoxy) is 2. The van der Waals surface area contributed by atoms with Crippen LogP contribution in [0.1, 0.15) is 25.3 Å². The number of nitriles is 1. The number of halogens is 1. The molecule has 0 saturated heterocycles. The van der Waals surface area contributed by atoms with Gasteiger partial charge in [0.05, 0.1) is 23.3 Å². The molecule has 0 atom stereocenters. The molecule has 96 valence electrons. The molecule has 0 saturated carbocycles. The lowest BCUT2D eigenvalue weighted by Gasteiger charge is -2.08. The molecule has 0 aromatic heterocycles. The molecule has 1 rings (SSSR count). The minimum Gasteiger partial charge on any atom is -0.480 e. The topological polar surface area (TPSA) is 59.3 Å². The Hall–Kier alpha value is -1.73. The second-order valence-electron chi connectivity index (χ2n) is 3.62. The van der Waals surface area contributed by atoms with Crippen LogP contribution in [0.4, 0.5) is 0 Å². The van der Waals surface area contributed by atoms with Gasteiger partial charge in [0.15, 0.2) is 6.61 Å². The molecule has 0 aliphatic rings. The van der Waals surface area contributed by atoms with E-state index in [0.29, 0.717) is 22.9 Å². The zero-order valence-corrected chi connectivity index (χ0v) is 10.9. The molecule has 0 amide bonds. The predicted octanol–water partition coefficient (Wildman–Crippen LogP) is 2.93. The van der Waals surface area contributed by atoms with E-state index < -0.39 is 5.97 Å². The molecule has 5 heteroatoms. The maximum Gasteiger partial charge on any atom is 0.344 e. The molecule has 0 N–H and O–H groups in total. The quantitative estimate of drug-likeness (QED) is 0.587. The van der Waals surface area contributed by atoms with Gasteiger partial charge in [0.25, 0.3) is 0 Å². The standard InChI is InChI=1S/C13H14ClNO3/c1-2-3-6-17-13(16)9-18-12-5-4-10(8-15)7-11(12)14/h4-5,7H,2-3,6,9H2,1H3. The minimum absolute atomic E-state index is 0.185. The van der Waals surface area contributed by atoms with Crippen molar-refractivity contribution < 1.29 is 14.3 Å². The molecule has 0 unspecified atom stereocenters. The first-order chi connectivity index (χ1) is 8.67. The first-order valence-electron chi connectivity index (χ1n) is 5.65. The molecule has 0 bridgehead atoms. The van der Waals surface area contributed by atoms with Gasteiger partial charge in [-0.15, -0.1) is 0 Å². The van der Waals surface area contributed by atoms with Crippen molar-refractivity contribution in [3.05, 3.63) is 28.8 Å². The van der Waals surface area contributed by atoms with Crippen LogP contribution >= 0.6 is 11.6 Å². The third kappa shape index (κ3) is 4.64. The molecule has 0 fully saturated rings. The highest BCUT2D eigenvalue weighted by Gasteiger charge is 2.07. The van der Waals surface area contributed by atoms with Gasteiger partial charge in [0.1, 0.15) is 5.75 Å². The number of carbonyl (C=O) groups is 1. The van der Waals surface area contributed by atoms with Crippen molar-refractivity contribution in [3.63, 3.8) is 0 Å². The molecule has 4 nitrogen and oxygen atoms in total. The molecule has 0 aliphatic heterocycles. The number of benzene rings is 1. The summed E-state index contributed by atoms with van der Waals surface area (Å²) < 4.78 is 10.1. The van der Waals surface area contributed by atoms with Gasteiger partial charge in [-0.3, -0.25) is 0 Å². The summed E-state index contributed by atoms with van der Waals surface area (Å²) in [7, 11) is 0. The third-order valence-electron chi connectivity index (χ3n) is 2.17. The third-order valence-corrected chi connectivity index (χ3v) is 2.46. The van der Waals surface area contributed by atoms with Gasteiger partial charge in [0.2, 0.25) is 0 Å². The fourth-order valence-electron chi connectivity index (χ4n) is 1.20. The molecular formula is C13H14ClNO3. The Morgan fingerprint density at radius 3 is 2.89 bits per heavy atom. The molecule has 1 aromatic rings. The molecule has 18 heavy (non-hydrogen) atoms. The Morgan fingerprint density at radius 2 is 2.28 bits per heavy atom. The highest BCUT2D eigenvalue weighted by atomic mass is 35.5. The van der Waals surface area contributed by atoms with Crippen molar-refractivity contribution in [2.45, 2.75) is 19.8 Å².